The molecule has 112 valence electrons. The second-order valence-corrected chi connectivity index (χ2v) is 5.70. The summed E-state index contributed by atoms with van der Waals surface area (Å²) in [5.74, 6) is -0.136. The van der Waals surface area contributed by atoms with E-state index in [1.807, 2.05) is 38.1 Å². The van der Waals surface area contributed by atoms with E-state index in [-0.39, 0.29) is 11.9 Å². The predicted molar refractivity (Wildman–Crippen MR) is 88.0 cm³/mol. The topological polar surface area (TPSA) is 12.0 Å². The minimum atomic E-state index is -0.136. The summed E-state index contributed by atoms with van der Waals surface area (Å²) in [6, 6.07) is 12.0. The van der Waals surface area contributed by atoms with Crippen molar-refractivity contribution in [3.63, 3.8) is 0 Å². The van der Waals surface area contributed by atoms with Crippen molar-refractivity contribution in [2.24, 2.45) is 0 Å². The molecule has 0 bridgehead atoms. The van der Waals surface area contributed by atoms with Crippen LogP contribution in [0.3, 0.4) is 0 Å². The molecule has 1 atom stereocenters. The van der Waals surface area contributed by atoms with Crippen LogP contribution < -0.4 is 5.32 Å². The zero-order chi connectivity index (χ0) is 15.4. The number of rotatable bonds is 5. The van der Waals surface area contributed by atoms with Gasteiger partial charge in [-0.3, -0.25) is 0 Å². The molecule has 1 N–H and O–H groups in total. The summed E-state index contributed by atoms with van der Waals surface area (Å²) in [5, 5.41) is 3.49. The van der Waals surface area contributed by atoms with Gasteiger partial charge in [0.15, 0.2) is 0 Å². The summed E-state index contributed by atoms with van der Waals surface area (Å²) in [4.78, 5) is 0. The summed E-state index contributed by atoms with van der Waals surface area (Å²) in [7, 11) is 0. The number of benzene rings is 2. The molecular formula is C19H24FN. The SMILES string of the molecule is CCCNC(C)c1ccccc1-c1c(C)cc(C)cc1F. The Balaban J connectivity index is 2.50. The van der Waals surface area contributed by atoms with Crippen LogP contribution in [0.4, 0.5) is 4.39 Å². The third-order valence-electron chi connectivity index (χ3n) is 3.83. The number of aryl methyl sites for hydroxylation is 2. The van der Waals surface area contributed by atoms with Gasteiger partial charge in [-0.1, -0.05) is 37.3 Å². The molecule has 0 saturated carbocycles. The highest BCUT2D eigenvalue weighted by molar-refractivity contribution is 5.72. The third-order valence-corrected chi connectivity index (χ3v) is 3.83. The second-order valence-electron chi connectivity index (χ2n) is 5.70. The lowest BCUT2D eigenvalue weighted by molar-refractivity contribution is 0.571. The van der Waals surface area contributed by atoms with E-state index < -0.39 is 0 Å². The first kappa shape index (κ1) is 15.7. The Bertz CT molecular complexity index is 596. The van der Waals surface area contributed by atoms with Gasteiger partial charge < -0.3 is 5.32 Å². The van der Waals surface area contributed by atoms with E-state index in [0.717, 1.165) is 40.8 Å². The van der Waals surface area contributed by atoms with Gasteiger partial charge >= 0.3 is 0 Å². The Morgan fingerprint density at radius 1 is 1.14 bits per heavy atom. The highest BCUT2D eigenvalue weighted by Gasteiger charge is 2.16. The molecule has 1 unspecified atom stereocenters. The fourth-order valence-corrected chi connectivity index (χ4v) is 2.83. The molecule has 1 nitrogen and oxygen atoms in total. The van der Waals surface area contributed by atoms with Crippen molar-refractivity contribution in [1.29, 1.82) is 0 Å². The highest BCUT2D eigenvalue weighted by Crippen LogP contribution is 2.33. The van der Waals surface area contributed by atoms with Crippen molar-refractivity contribution in [1.82, 2.24) is 5.32 Å². The fraction of sp³-hybridized carbons (Fsp3) is 0.368. The first-order valence-electron chi connectivity index (χ1n) is 7.64. The van der Waals surface area contributed by atoms with Gasteiger partial charge in [0.25, 0.3) is 0 Å². The Labute approximate surface area is 127 Å². The van der Waals surface area contributed by atoms with Crippen molar-refractivity contribution < 1.29 is 4.39 Å². The Kier molecular flexibility index (Phi) is 5.13. The molecule has 2 aromatic carbocycles. The van der Waals surface area contributed by atoms with Gasteiger partial charge in [0.05, 0.1) is 0 Å². The number of hydrogen-bond acceptors (Lipinski definition) is 1. The van der Waals surface area contributed by atoms with Gasteiger partial charge in [-0.2, -0.15) is 0 Å². The zero-order valence-corrected chi connectivity index (χ0v) is 13.3. The maximum absolute atomic E-state index is 14.5. The average Bonchev–Trinajstić information content (AvgIpc) is 2.44. The zero-order valence-electron chi connectivity index (χ0n) is 13.3. The van der Waals surface area contributed by atoms with Crippen LogP contribution in [0.5, 0.6) is 0 Å². The molecule has 0 aromatic heterocycles. The molecule has 0 spiro atoms. The van der Waals surface area contributed by atoms with Crippen LogP contribution in [0.15, 0.2) is 36.4 Å². The van der Waals surface area contributed by atoms with Gasteiger partial charge in [0.1, 0.15) is 5.82 Å². The van der Waals surface area contributed by atoms with Gasteiger partial charge in [0.2, 0.25) is 0 Å². The smallest absolute Gasteiger partial charge is 0.131 e. The third kappa shape index (κ3) is 3.51. The molecule has 0 radical (unpaired) electrons. The van der Waals surface area contributed by atoms with Crippen molar-refractivity contribution in [3.05, 3.63) is 58.9 Å². The highest BCUT2D eigenvalue weighted by atomic mass is 19.1. The predicted octanol–water partition coefficient (Wildman–Crippen LogP) is 5.17. The van der Waals surface area contributed by atoms with E-state index in [4.69, 9.17) is 0 Å². The molecule has 0 saturated heterocycles. The Hall–Kier alpha value is -1.67. The van der Waals surface area contributed by atoms with Crippen molar-refractivity contribution >= 4 is 0 Å². The van der Waals surface area contributed by atoms with E-state index in [9.17, 15) is 4.39 Å². The van der Waals surface area contributed by atoms with Crippen LogP contribution >= 0.6 is 0 Å². The monoisotopic (exact) mass is 285 g/mol. The minimum Gasteiger partial charge on any atom is -0.310 e. The number of hydrogen-bond donors (Lipinski definition) is 1. The molecule has 0 amide bonds. The van der Waals surface area contributed by atoms with Gasteiger partial charge in [-0.05, 0) is 62.1 Å². The molecular weight excluding hydrogens is 261 g/mol. The van der Waals surface area contributed by atoms with Crippen molar-refractivity contribution in [2.75, 3.05) is 6.54 Å². The van der Waals surface area contributed by atoms with E-state index >= 15 is 0 Å². The number of nitrogens with one attached hydrogen (secondary N) is 1. The van der Waals surface area contributed by atoms with Crippen LogP contribution in [0.2, 0.25) is 0 Å². The molecule has 0 heterocycles. The number of halogens is 1. The Morgan fingerprint density at radius 3 is 2.52 bits per heavy atom. The summed E-state index contributed by atoms with van der Waals surface area (Å²) >= 11 is 0. The molecule has 21 heavy (non-hydrogen) atoms. The van der Waals surface area contributed by atoms with Crippen LogP contribution in [-0.4, -0.2) is 6.54 Å². The van der Waals surface area contributed by atoms with Crippen molar-refractivity contribution in [3.8, 4) is 11.1 Å². The molecule has 2 rings (SSSR count). The second kappa shape index (κ2) is 6.86. The molecule has 0 aliphatic rings. The van der Waals surface area contributed by atoms with Gasteiger partial charge in [0, 0.05) is 11.6 Å². The van der Waals surface area contributed by atoms with Crippen LogP contribution in [0.25, 0.3) is 11.1 Å². The summed E-state index contributed by atoms with van der Waals surface area (Å²) in [5.41, 5.74) is 4.81. The van der Waals surface area contributed by atoms with E-state index in [1.54, 1.807) is 6.07 Å². The fourth-order valence-electron chi connectivity index (χ4n) is 2.83. The summed E-state index contributed by atoms with van der Waals surface area (Å²) < 4.78 is 14.5. The lowest BCUT2D eigenvalue weighted by atomic mass is 9.91. The van der Waals surface area contributed by atoms with Gasteiger partial charge in [-0.15, -0.1) is 0 Å². The molecule has 0 fully saturated rings. The van der Waals surface area contributed by atoms with Gasteiger partial charge in [-0.25, -0.2) is 4.39 Å². The van der Waals surface area contributed by atoms with Crippen LogP contribution in [-0.2, 0) is 0 Å². The summed E-state index contributed by atoms with van der Waals surface area (Å²) in [6.45, 7) is 9.15. The van der Waals surface area contributed by atoms with Crippen LogP contribution in [0, 0.1) is 19.7 Å². The maximum Gasteiger partial charge on any atom is 0.131 e. The molecule has 2 heteroatoms. The standard InChI is InChI=1S/C19H24FN/c1-5-10-21-15(4)16-8-6-7-9-17(16)19-14(3)11-13(2)12-18(19)20/h6-9,11-12,15,21H,5,10H2,1-4H3. The quantitative estimate of drug-likeness (QED) is 0.799. The van der Waals surface area contributed by atoms with E-state index in [1.165, 1.54) is 0 Å². The van der Waals surface area contributed by atoms with E-state index in [2.05, 4.69) is 25.2 Å². The minimum absolute atomic E-state index is 0.136. The average molecular weight is 285 g/mol. The first-order valence-corrected chi connectivity index (χ1v) is 7.64. The van der Waals surface area contributed by atoms with Crippen molar-refractivity contribution in [2.45, 2.75) is 40.2 Å². The normalized spacial score (nSPS) is 12.4. The Morgan fingerprint density at radius 2 is 1.86 bits per heavy atom. The van der Waals surface area contributed by atoms with E-state index in [0.29, 0.717) is 0 Å². The first-order chi connectivity index (χ1) is 10.0. The lowest BCUT2D eigenvalue weighted by Gasteiger charge is -2.19. The molecule has 0 aliphatic carbocycles. The maximum atomic E-state index is 14.5. The largest absolute Gasteiger partial charge is 0.310 e. The molecule has 0 aliphatic heterocycles. The molecule has 2 aromatic rings. The van der Waals surface area contributed by atoms with Crippen LogP contribution in [0.1, 0.15) is 43.0 Å². The summed E-state index contributed by atoms with van der Waals surface area (Å²) in [6.07, 6.45) is 1.09. The lowest BCUT2D eigenvalue weighted by Crippen LogP contribution is -2.20.